The number of nitrogens with zero attached hydrogens (tertiary/aromatic N) is 1. The molecule has 1 atom stereocenters. The van der Waals surface area contributed by atoms with Crippen molar-refractivity contribution in [1.29, 1.82) is 0 Å². The van der Waals surface area contributed by atoms with Gasteiger partial charge in [0.25, 0.3) is 0 Å². The zero-order valence-corrected chi connectivity index (χ0v) is 9.40. The quantitative estimate of drug-likeness (QED) is 0.759. The molecule has 3 nitrogen and oxygen atoms in total. The van der Waals surface area contributed by atoms with Gasteiger partial charge in [-0.05, 0) is 35.7 Å². The first-order valence-corrected chi connectivity index (χ1v) is 5.71. The van der Waals surface area contributed by atoms with Crippen LogP contribution in [-0.2, 0) is 11.3 Å². The summed E-state index contributed by atoms with van der Waals surface area (Å²) in [5.41, 5.74) is 3.67. The maximum Gasteiger partial charge on any atom is 0.124 e. The summed E-state index contributed by atoms with van der Waals surface area (Å²) in [5, 5.41) is 0. The lowest BCUT2D eigenvalue weighted by Gasteiger charge is -2.15. The highest BCUT2D eigenvalue weighted by Crippen LogP contribution is 2.27. The van der Waals surface area contributed by atoms with Gasteiger partial charge in [0.2, 0.25) is 0 Å². The number of ether oxygens (including phenoxy) is 2. The van der Waals surface area contributed by atoms with Crippen LogP contribution in [0.15, 0.2) is 17.1 Å². The predicted molar refractivity (Wildman–Crippen MR) is 62.3 cm³/mol. The van der Waals surface area contributed by atoms with Gasteiger partial charge in [-0.25, -0.2) is 0 Å². The molecule has 0 saturated carbocycles. The van der Waals surface area contributed by atoms with Crippen molar-refractivity contribution in [2.24, 2.45) is 4.99 Å². The van der Waals surface area contributed by atoms with Crippen molar-refractivity contribution in [2.45, 2.75) is 26.0 Å². The minimum Gasteiger partial charge on any atom is -0.488 e. The van der Waals surface area contributed by atoms with Gasteiger partial charge in [0.1, 0.15) is 11.9 Å². The van der Waals surface area contributed by atoms with Gasteiger partial charge >= 0.3 is 0 Å². The molecule has 3 heteroatoms. The molecule has 1 fully saturated rings. The molecule has 0 aromatic heterocycles. The molecule has 84 valence electrons. The van der Waals surface area contributed by atoms with E-state index in [0.29, 0.717) is 6.61 Å². The standard InChI is InChI=1S/C13H15NO2/c1-9-4-10-6-14-7-11(10)5-13(9)16-12-2-3-15-8-12/h4-6,12H,2-3,7-8H2,1H3/t12-/m0/s1. The number of aryl methyl sites for hydroxylation is 1. The lowest BCUT2D eigenvalue weighted by molar-refractivity contribution is 0.141. The largest absolute Gasteiger partial charge is 0.488 e. The summed E-state index contributed by atoms with van der Waals surface area (Å²) < 4.78 is 11.3. The third kappa shape index (κ3) is 1.71. The van der Waals surface area contributed by atoms with E-state index in [1.165, 1.54) is 16.7 Å². The van der Waals surface area contributed by atoms with Crippen LogP contribution < -0.4 is 4.74 Å². The molecule has 2 aliphatic rings. The zero-order chi connectivity index (χ0) is 11.0. The van der Waals surface area contributed by atoms with Crippen molar-refractivity contribution >= 4 is 6.21 Å². The minimum atomic E-state index is 0.221. The van der Waals surface area contributed by atoms with Crippen molar-refractivity contribution in [3.63, 3.8) is 0 Å². The van der Waals surface area contributed by atoms with Gasteiger partial charge in [-0.15, -0.1) is 0 Å². The lowest BCUT2D eigenvalue weighted by Crippen LogP contribution is -2.16. The summed E-state index contributed by atoms with van der Waals surface area (Å²) in [7, 11) is 0. The molecule has 0 radical (unpaired) electrons. The van der Waals surface area contributed by atoms with E-state index in [9.17, 15) is 0 Å². The smallest absolute Gasteiger partial charge is 0.124 e. The number of fused-ring (bicyclic) bond motifs is 1. The molecular formula is C13H15NO2. The maximum atomic E-state index is 5.95. The molecule has 1 saturated heterocycles. The number of hydrogen-bond donors (Lipinski definition) is 0. The Morgan fingerprint density at radius 2 is 2.38 bits per heavy atom. The first-order chi connectivity index (χ1) is 7.83. The van der Waals surface area contributed by atoms with E-state index in [1.54, 1.807) is 0 Å². The van der Waals surface area contributed by atoms with Gasteiger partial charge in [-0.3, -0.25) is 4.99 Å². The first kappa shape index (κ1) is 9.85. The van der Waals surface area contributed by atoms with Crippen LogP contribution in [0.2, 0.25) is 0 Å². The van der Waals surface area contributed by atoms with E-state index >= 15 is 0 Å². The lowest BCUT2D eigenvalue weighted by atomic mass is 10.1. The Bertz CT molecular complexity index is 434. The molecular weight excluding hydrogens is 202 g/mol. The van der Waals surface area contributed by atoms with Crippen LogP contribution in [0.1, 0.15) is 23.1 Å². The zero-order valence-electron chi connectivity index (χ0n) is 9.40. The highest BCUT2D eigenvalue weighted by molar-refractivity contribution is 5.85. The van der Waals surface area contributed by atoms with Crippen molar-refractivity contribution in [3.05, 3.63) is 28.8 Å². The summed E-state index contributed by atoms with van der Waals surface area (Å²) in [6.07, 6.45) is 3.15. The van der Waals surface area contributed by atoms with E-state index in [0.717, 1.165) is 25.3 Å². The van der Waals surface area contributed by atoms with E-state index in [2.05, 4.69) is 24.0 Å². The Morgan fingerprint density at radius 1 is 1.44 bits per heavy atom. The van der Waals surface area contributed by atoms with E-state index in [4.69, 9.17) is 9.47 Å². The SMILES string of the molecule is Cc1cc2c(cc1O[C@H]1CCOC1)CN=C2. The number of benzene rings is 1. The average Bonchev–Trinajstić information content (AvgIpc) is 2.89. The van der Waals surface area contributed by atoms with Gasteiger partial charge in [0, 0.05) is 12.6 Å². The second kappa shape index (κ2) is 3.91. The topological polar surface area (TPSA) is 30.8 Å². The molecule has 0 amide bonds. The van der Waals surface area contributed by atoms with E-state index in [-0.39, 0.29) is 6.10 Å². The molecule has 1 aromatic rings. The molecule has 0 aliphatic carbocycles. The predicted octanol–water partition coefficient (Wildman–Crippen LogP) is 2.10. The average molecular weight is 217 g/mol. The van der Waals surface area contributed by atoms with Crippen molar-refractivity contribution in [1.82, 2.24) is 0 Å². The van der Waals surface area contributed by atoms with Crippen molar-refractivity contribution < 1.29 is 9.47 Å². The van der Waals surface area contributed by atoms with Crippen LogP contribution in [0.3, 0.4) is 0 Å². The van der Waals surface area contributed by atoms with Crippen LogP contribution in [0.25, 0.3) is 0 Å². The molecule has 0 bridgehead atoms. The number of aliphatic imine (C=N–C) groups is 1. The summed E-state index contributed by atoms with van der Waals surface area (Å²) >= 11 is 0. The molecule has 0 N–H and O–H groups in total. The van der Waals surface area contributed by atoms with Gasteiger partial charge in [0.05, 0.1) is 19.8 Å². The summed E-state index contributed by atoms with van der Waals surface area (Å²) in [6.45, 7) is 4.40. The second-order valence-corrected chi connectivity index (χ2v) is 4.39. The number of rotatable bonds is 2. The minimum absolute atomic E-state index is 0.221. The molecule has 0 unspecified atom stereocenters. The third-order valence-corrected chi connectivity index (χ3v) is 3.11. The Hall–Kier alpha value is -1.35. The van der Waals surface area contributed by atoms with Crippen LogP contribution in [0, 0.1) is 6.92 Å². The highest BCUT2D eigenvalue weighted by atomic mass is 16.5. The molecule has 1 aromatic carbocycles. The summed E-state index contributed by atoms with van der Waals surface area (Å²) in [6, 6.07) is 4.27. The summed E-state index contributed by atoms with van der Waals surface area (Å²) in [4.78, 5) is 4.26. The highest BCUT2D eigenvalue weighted by Gasteiger charge is 2.19. The van der Waals surface area contributed by atoms with Crippen LogP contribution >= 0.6 is 0 Å². The fourth-order valence-electron chi connectivity index (χ4n) is 2.16. The van der Waals surface area contributed by atoms with Crippen LogP contribution in [0.4, 0.5) is 0 Å². The fourth-order valence-corrected chi connectivity index (χ4v) is 2.16. The second-order valence-electron chi connectivity index (χ2n) is 4.39. The van der Waals surface area contributed by atoms with E-state index in [1.807, 2.05) is 6.21 Å². The van der Waals surface area contributed by atoms with Gasteiger partial charge in [0.15, 0.2) is 0 Å². The van der Waals surface area contributed by atoms with Crippen molar-refractivity contribution in [2.75, 3.05) is 13.2 Å². The molecule has 2 heterocycles. The molecule has 3 rings (SSSR count). The Morgan fingerprint density at radius 3 is 3.19 bits per heavy atom. The fraction of sp³-hybridized carbons (Fsp3) is 0.462. The Kier molecular flexibility index (Phi) is 2.40. The molecule has 16 heavy (non-hydrogen) atoms. The summed E-state index contributed by atoms with van der Waals surface area (Å²) in [5.74, 6) is 0.986. The number of hydrogen-bond acceptors (Lipinski definition) is 3. The van der Waals surface area contributed by atoms with Gasteiger partial charge < -0.3 is 9.47 Å². The first-order valence-electron chi connectivity index (χ1n) is 5.71. The molecule has 2 aliphatic heterocycles. The maximum absolute atomic E-state index is 5.95. The van der Waals surface area contributed by atoms with Gasteiger partial charge in [-0.2, -0.15) is 0 Å². The van der Waals surface area contributed by atoms with Crippen molar-refractivity contribution in [3.8, 4) is 5.75 Å². The van der Waals surface area contributed by atoms with Gasteiger partial charge in [-0.1, -0.05) is 0 Å². The van der Waals surface area contributed by atoms with Crippen LogP contribution in [0.5, 0.6) is 5.75 Å². The Labute approximate surface area is 95.1 Å². The normalized spacial score (nSPS) is 22.4. The Balaban J connectivity index is 1.84. The van der Waals surface area contributed by atoms with E-state index < -0.39 is 0 Å². The van der Waals surface area contributed by atoms with Crippen LogP contribution in [-0.4, -0.2) is 25.5 Å². The third-order valence-electron chi connectivity index (χ3n) is 3.11. The molecule has 0 spiro atoms. The monoisotopic (exact) mass is 217 g/mol.